The predicted octanol–water partition coefficient (Wildman–Crippen LogP) is 2.79. The largest absolute Gasteiger partial charge is 0.493 e. The van der Waals surface area contributed by atoms with E-state index < -0.39 is 17.4 Å². The van der Waals surface area contributed by atoms with E-state index in [2.05, 4.69) is 20.9 Å². The molecule has 0 fully saturated rings. The second-order valence-corrected chi connectivity index (χ2v) is 8.88. The van der Waals surface area contributed by atoms with Gasteiger partial charge in [-0.2, -0.15) is 0 Å². The smallest absolute Gasteiger partial charge is 0.331 e. The molecule has 1 amide bonds. The molecule has 1 aromatic carbocycles. The van der Waals surface area contributed by atoms with Crippen molar-refractivity contribution in [2.24, 2.45) is 4.99 Å². The first-order valence-electron chi connectivity index (χ1n) is 8.21. The molecule has 3 rings (SSSR count). The molecule has 1 aromatic heterocycles. The van der Waals surface area contributed by atoms with Gasteiger partial charge in [0.15, 0.2) is 3.95 Å². The van der Waals surface area contributed by atoms with Gasteiger partial charge >= 0.3 is 5.97 Å². The van der Waals surface area contributed by atoms with Gasteiger partial charge in [0.25, 0.3) is 5.91 Å². The van der Waals surface area contributed by atoms with Gasteiger partial charge in [0, 0.05) is 9.69 Å². The Morgan fingerprint density at radius 1 is 1.48 bits per heavy atom. The van der Waals surface area contributed by atoms with E-state index in [-0.39, 0.29) is 15.4 Å². The second-order valence-electron chi connectivity index (χ2n) is 6.32. The number of thiazole rings is 1. The van der Waals surface area contributed by atoms with Gasteiger partial charge in [0.2, 0.25) is 5.88 Å². The molecular weight excluding hydrogens is 452 g/mol. The maximum atomic E-state index is 12.5. The molecule has 2 aromatic rings. The Kier molecular flexibility index (Phi) is 5.38. The summed E-state index contributed by atoms with van der Waals surface area (Å²) < 4.78 is 7.41. The van der Waals surface area contributed by atoms with Gasteiger partial charge in [-0.15, -0.1) is 11.3 Å². The molecule has 142 valence electrons. The Morgan fingerprint density at radius 3 is 2.81 bits per heavy atom. The second kappa shape index (κ2) is 7.29. The highest BCUT2D eigenvalue weighted by atomic mass is 79.9. The van der Waals surface area contributed by atoms with Crippen LogP contribution in [0, 0.1) is 3.95 Å². The van der Waals surface area contributed by atoms with Crippen molar-refractivity contribution < 1.29 is 19.4 Å². The number of ether oxygens (including phenoxy) is 1. The number of fused-ring (bicyclic) bond motifs is 1. The summed E-state index contributed by atoms with van der Waals surface area (Å²) in [6.45, 7) is 3.60. The van der Waals surface area contributed by atoms with Crippen molar-refractivity contribution in [3.8, 4) is 5.88 Å². The van der Waals surface area contributed by atoms with Crippen LogP contribution in [-0.4, -0.2) is 28.7 Å². The summed E-state index contributed by atoms with van der Waals surface area (Å²) in [5, 5.41) is 12.1. The van der Waals surface area contributed by atoms with Gasteiger partial charge in [-0.05, 0) is 43.8 Å². The number of hydrogen-bond donors (Lipinski definition) is 1. The zero-order valence-electron chi connectivity index (χ0n) is 14.9. The Balaban J connectivity index is 2.31. The van der Waals surface area contributed by atoms with Crippen LogP contribution in [0.3, 0.4) is 0 Å². The van der Waals surface area contributed by atoms with Crippen molar-refractivity contribution in [3.05, 3.63) is 42.1 Å². The lowest BCUT2D eigenvalue weighted by atomic mass is 9.95. The molecule has 1 N–H and O–H groups in total. The first-order chi connectivity index (χ1) is 12.7. The predicted molar refractivity (Wildman–Crippen MR) is 108 cm³/mol. The molecule has 2 heterocycles. The highest BCUT2D eigenvalue weighted by Gasteiger charge is 2.40. The number of carbonyl (C=O) groups is 2. The fourth-order valence-corrected chi connectivity index (χ4v) is 5.22. The first-order valence-corrected chi connectivity index (χ1v) is 10.2. The van der Waals surface area contributed by atoms with E-state index in [4.69, 9.17) is 17.0 Å². The number of hydrogen-bond acceptors (Lipinski definition) is 6. The molecule has 9 heteroatoms. The number of aromatic hydroxyl groups is 1. The molecule has 6 nitrogen and oxygen atoms in total. The molecule has 0 saturated heterocycles. The van der Waals surface area contributed by atoms with Crippen molar-refractivity contribution in [1.82, 2.24) is 4.57 Å². The van der Waals surface area contributed by atoms with Crippen molar-refractivity contribution in [1.29, 1.82) is 0 Å². The SMILES string of the molecule is CCCC(C)(C(=O)OC)n1c(O)c(C2=c3cc(Br)ccc3=NC2=O)sc1=S. The number of rotatable bonds is 5. The van der Waals surface area contributed by atoms with Gasteiger partial charge in [0.1, 0.15) is 10.4 Å². The van der Waals surface area contributed by atoms with E-state index in [1.807, 2.05) is 6.92 Å². The van der Waals surface area contributed by atoms with Crippen LogP contribution in [0.5, 0.6) is 5.88 Å². The average Bonchev–Trinajstić information content (AvgIpc) is 3.09. The zero-order valence-corrected chi connectivity index (χ0v) is 18.1. The van der Waals surface area contributed by atoms with E-state index in [0.29, 0.717) is 28.3 Å². The van der Waals surface area contributed by atoms with E-state index in [9.17, 15) is 14.7 Å². The summed E-state index contributed by atoms with van der Waals surface area (Å²) in [7, 11) is 1.30. The fraction of sp³-hybridized carbons (Fsp3) is 0.333. The average molecular weight is 469 g/mol. The topological polar surface area (TPSA) is 80.9 Å². The third-order valence-corrected chi connectivity index (χ3v) is 6.41. The van der Waals surface area contributed by atoms with Crippen LogP contribution in [0.1, 0.15) is 31.6 Å². The maximum absolute atomic E-state index is 12.5. The van der Waals surface area contributed by atoms with Crippen LogP contribution in [-0.2, 0) is 19.9 Å². The van der Waals surface area contributed by atoms with Gasteiger partial charge in [0.05, 0.1) is 18.0 Å². The van der Waals surface area contributed by atoms with Crippen LogP contribution in [0.25, 0.3) is 5.57 Å². The summed E-state index contributed by atoms with van der Waals surface area (Å²) in [5.74, 6) is -1.18. The molecule has 27 heavy (non-hydrogen) atoms. The van der Waals surface area contributed by atoms with Crippen LogP contribution in [0.2, 0.25) is 0 Å². The third-order valence-electron chi connectivity index (χ3n) is 4.53. The highest BCUT2D eigenvalue weighted by molar-refractivity contribution is 9.10. The van der Waals surface area contributed by atoms with E-state index >= 15 is 0 Å². The minimum absolute atomic E-state index is 0.224. The minimum atomic E-state index is -1.17. The monoisotopic (exact) mass is 468 g/mol. The lowest BCUT2D eigenvalue weighted by Crippen LogP contribution is -2.39. The summed E-state index contributed by atoms with van der Waals surface area (Å²) in [6, 6.07) is 5.30. The summed E-state index contributed by atoms with van der Waals surface area (Å²) in [5.41, 5.74) is -0.888. The van der Waals surface area contributed by atoms with Crippen LogP contribution >= 0.6 is 39.5 Å². The Labute approximate surface area is 172 Å². The van der Waals surface area contributed by atoms with Gasteiger partial charge in [-0.3, -0.25) is 9.36 Å². The lowest BCUT2D eigenvalue weighted by molar-refractivity contribution is -0.151. The van der Waals surface area contributed by atoms with Gasteiger partial charge < -0.3 is 9.84 Å². The summed E-state index contributed by atoms with van der Waals surface area (Å²) >= 11 is 9.91. The fourth-order valence-electron chi connectivity index (χ4n) is 3.28. The molecule has 1 aliphatic heterocycles. The Hall–Kier alpha value is -1.84. The lowest BCUT2D eigenvalue weighted by Gasteiger charge is -2.28. The Bertz CT molecular complexity index is 1140. The third kappa shape index (κ3) is 3.17. The number of halogens is 1. The van der Waals surface area contributed by atoms with E-state index in [0.717, 1.165) is 15.8 Å². The molecule has 1 aliphatic rings. The number of esters is 1. The summed E-state index contributed by atoms with van der Waals surface area (Å²) in [6.07, 6.45) is 1.10. The molecule has 1 unspecified atom stereocenters. The van der Waals surface area contributed by atoms with Crippen LogP contribution in [0.15, 0.2) is 27.7 Å². The summed E-state index contributed by atoms with van der Waals surface area (Å²) in [4.78, 5) is 29.3. The Morgan fingerprint density at radius 2 is 2.19 bits per heavy atom. The molecular formula is C18H17BrN2O4S2. The quantitative estimate of drug-likeness (QED) is 0.538. The van der Waals surface area contributed by atoms with Gasteiger partial charge in [-0.1, -0.05) is 29.3 Å². The van der Waals surface area contributed by atoms with Crippen molar-refractivity contribution in [2.75, 3.05) is 7.11 Å². The van der Waals surface area contributed by atoms with Crippen LogP contribution < -0.4 is 10.6 Å². The molecule has 0 saturated carbocycles. The van der Waals surface area contributed by atoms with E-state index in [1.54, 1.807) is 25.1 Å². The van der Waals surface area contributed by atoms with Crippen molar-refractivity contribution in [3.63, 3.8) is 0 Å². The van der Waals surface area contributed by atoms with E-state index in [1.165, 1.54) is 11.7 Å². The number of methoxy groups -OCH3 is 1. The normalized spacial score (nSPS) is 15.3. The molecule has 0 aliphatic carbocycles. The number of benzene rings is 1. The van der Waals surface area contributed by atoms with Crippen LogP contribution in [0.4, 0.5) is 0 Å². The first kappa shape index (κ1) is 19.9. The molecule has 0 spiro atoms. The standard InChI is InChI=1S/C18H17BrN2O4S2/c1-4-7-18(2,16(24)25-3)21-15(23)13(27-17(21)26)12-10-8-9(19)5-6-11(10)20-14(12)22/h5-6,8,23H,4,7H2,1-3H3. The number of amides is 1. The minimum Gasteiger partial charge on any atom is -0.493 e. The molecule has 0 radical (unpaired) electrons. The number of nitrogens with zero attached hydrogens (tertiary/aromatic N) is 2. The maximum Gasteiger partial charge on any atom is 0.331 e. The van der Waals surface area contributed by atoms with Crippen molar-refractivity contribution >= 4 is 56.9 Å². The molecule has 1 atom stereocenters. The number of carbonyl (C=O) groups excluding carboxylic acids is 2. The zero-order chi connectivity index (χ0) is 19.9. The molecule has 0 bridgehead atoms. The van der Waals surface area contributed by atoms with Crippen molar-refractivity contribution in [2.45, 2.75) is 32.2 Å². The highest BCUT2D eigenvalue weighted by Crippen LogP contribution is 2.39. The number of aromatic nitrogens is 1. The van der Waals surface area contributed by atoms with Gasteiger partial charge in [-0.25, -0.2) is 9.79 Å².